The molecule has 0 aromatic carbocycles. The van der Waals surface area contributed by atoms with E-state index in [4.69, 9.17) is 13.0 Å². The predicted molar refractivity (Wildman–Crippen MR) is 115 cm³/mol. The molecule has 0 radical (unpaired) electrons. The van der Waals surface area contributed by atoms with Gasteiger partial charge in [-0.15, -0.1) is 0 Å². The lowest BCUT2D eigenvalue weighted by Crippen LogP contribution is -2.21. The average molecular weight is 464 g/mol. The van der Waals surface area contributed by atoms with Gasteiger partial charge in [-0.1, -0.05) is 31.9 Å². The van der Waals surface area contributed by atoms with E-state index in [1.807, 2.05) is 6.07 Å². The summed E-state index contributed by atoms with van der Waals surface area (Å²) in [6, 6.07) is 1.88. The molecule has 0 amide bonds. The summed E-state index contributed by atoms with van der Waals surface area (Å²) in [6.45, 7) is 4.86. The number of aryl methyl sites for hydroxylation is 1. The third-order valence-electron chi connectivity index (χ3n) is 3.89. The largest absolute Gasteiger partial charge is 0.443 e. The molecule has 0 aliphatic rings. The van der Waals surface area contributed by atoms with E-state index in [0.717, 1.165) is 36.8 Å². The Morgan fingerprint density at radius 2 is 1.90 bits per heavy atom. The summed E-state index contributed by atoms with van der Waals surface area (Å²) in [7, 11) is -8.82. The van der Waals surface area contributed by atoms with Crippen molar-refractivity contribution in [1.82, 2.24) is 9.55 Å². The molecule has 162 valence electrons. The highest BCUT2D eigenvalue weighted by atomic mass is 31.3. The Balaban J connectivity index is 2.07. The molecule has 0 bridgehead atoms. The Kier molecular flexibility index (Phi) is 9.32. The Labute approximate surface area is 170 Å². The Hall–Kier alpha value is -1.23. The van der Waals surface area contributed by atoms with E-state index >= 15 is 0 Å². The molecule has 0 saturated heterocycles. The first-order valence-corrected chi connectivity index (χ1v) is 14.7. The summed E-state index contributed by atoms with van der Waals surface area (Å²) >= 11 is 0. The van der Waals surface area contributed by atoms with Gasteiger partial charge < -0.3 is 4.42 Å². The molecular weight excluding hydrogens is 437 g/mol. The smallest absolute Gasteiger partial charge is 0.351 e. The van der Waals surface area contributed by atoms with E-state index in [2.05, 4.69) is 11.9 Å². The van der Waals surface area contributed by atoms with Crippen LogP contribution in [0.2, 0.25) is 0 Å². The molecule has 0 aliphatic heterocycles. The molecule has 9 nitrogen and oxygen atoms in total. The predicted octanol–water partition coefficient (Wildman–Crippen LogP) is 4.71. The summed E-state index contributed by atoms with van der Waals surface area (Å²) in [5.41, 5.74) is -0.154. The van der Waals surface area contributed by atoms with Crippen molar-refractivity contribution in [2.45, 2.75) is 39.2 Å². The number of nitrogens with zero attached hydrogens (tertiary/aromatic N) is 2. The second kappa shape index (κ2) is 11.2. The fraction of sp³-hybridized carbons (Fsp3) is 0.529. The van der Waals surface area contributed by atoms with Gasteiger partial charge in [-0.05, 0) is 12.5 Å². The van der Waals surface area contributed by atoms with Gasteiger partial charge >= 0.3 is 13.3 Å². The average Bonchev–Trinajstić information content (AvgIpc) is 2.98. The van der Waals surface area contributed by atoms with Gasteiger partial charge in [-0.25, -0.2) is 4.79 Å². The quantitative estimate of drug-likeness (QED) is 0.252. The molecule has 0 N–H and O–H groups in total. The molecule has 12 heteroatoms. The van der Waals surface area contributed by atoms with Crippen molar-refractivity contribution in [1.29, 1.82) is 0 Å². The Bertz CT molecular complexity index is 992. The van der Waals surface area contributed by atoms with E-state index in [-0.39, 0.29) is 12.7 Å². The van der Waals surface area contributed by atoms with Crippen molar-refractivity contribution in [3.63, 3.8) is 0 Å². The van der Waals surface area contributed by atoms with Crippen LogP contribution in [0.4, 0.5) is 0 Å². The Morgan fingerprint density at radius 1 is 1.21 bits per heavy atom. The topological polar surface area (TPSA) is 118 Å². The van der Waals surface area contributed by atoms with Crippen LogP contribution in [-0.2, 0) is 35.3 Å². The number of furan rings is 1. The van der Waals surface area contributed by atoms with Gasteiger partial charge in [0.25, 0.3) is 0 Å². The summed E-state index contributed by atoms with van der Waals surface area (Å²) in [4.78, 5) is 16.1. The molecule has 2 unspecified atom stereocenters. The van der Waals surface area contributed by atoms with Crippen LogP contribution in [0.15, 0.2) is 33.6 Å². The van der Waals surface area contributed by atoms with Crippen LogP contribution in [0.1, 0.15) is 31.9 Å². The highest BCUT2D eigenvalue weighted by Crippen LogP contribution is 2.59. The highest BCUT2D eigenvalue weighted by molar-refractivity contribution is 7.66. The second-order valence-corrected chi connectivity index (χ2v) is 11.6. The molecule has 2 aromatic rings. The van der Waals surface area contributed by atoms with Gasteiger partial charge in [0.15, 0.2) is 16.1 Å². The van der Waals surface area contributed by atoms with Gasteiger partial charge in [0.05, 0.1) is 11.5 Å². The second-order valence-electron chi connectivity index (χ2n) is 6.54. The van der Waals surface area contributed by atoms with Crippen LogP contribution in [0.3, 0.4) is 0 Å². The first kappa shape index (κ1) is 24.0. The SMILES string of the molecule is CCCCCc1cc2cn(C/C=C/CP(=O)(O[PH](C)=O)O[PH](C)=O)c(=O)nc2o1. The minimum atomic E-state index is -3.75. The fourth-order valence-corrected chi connectivity index (χ4v) is 7.30. The molecule has 29 heavy (non-hydrogen) atoms. The molecule has 0 saturated carbocycles. The third kappa shape index (κ3) is 7.84. The standard InChI is InChI=1S/C17H27N2O7P3/c1-4-5-6-9-15-12-14-13-19(17(20)18-16(14)24-15)10-7-8-11-29(23,25-27(2)21)26-28(3)22/h7-8,12-13,27-28H,4-6,9-11H2,1-3H3/b8-7+. The number of allylic oxidation sites excluding steroid dienone is 2. The first-order valence-electron chi connectivity index (χ1n) is 9.36. The fourth-order valence-electron chi connectivity index (χ4n) is 2.68. The van der Waals surface area contributed by atoms with Gasteiger partial charge in [-0.3, -0.25) is 26.9 Å². The van der Waals surface area contributed by atoms with E-state index in [1.54, 1.807) is 12.3 Å². The number of rotatable bonds is 12. The number of unbranched alkanes of at least 4 members (excludes halogenated alkanes) is 2. The normalized spacial score (nSPS) is 16.2. The molecular formula is C17H27N2O7P3. The van der Waals surface area contributed by atoms with Gasteiger partial charge in [0.1, 0.15) is 5.76 Å². The maximum Gasteiger partial charge on any atom is 0.351 e. The van der Waals surface area contributed by atoms with Crippen LogP contribution in [0.25, 0.3) is 11.1 Å². The zero-order valence-electron chi connectivity index (χ0n) is 16.8. The van der Waals surface area contributed by atoms with Gasteiger partial charge in [-0.2, -0.15) is 4.98 Å². The third-order valence-corrected chi connectivity index (χ3v) is 8.83. The van der Waals surface area contributed by atoms with Crippen molar-refractivity contribution < 1.29 is 26.7 Å². The lowest BCUT2D eigenvalue weighted by Gasteiger charge is -2.13. The van der Waals surface area contributed by atoms with Crippen LogP contribution in [0.5, 0.6) is 0 Å². The first-order chi connectivity index (χ1) is 13.7. The maximum absolute atomic E-state index is 12.5. The summed E-state index contributed by atoms with van der Waals surface area (Å²) in [5, 5.41) is 0.732. The highest BCUT2D eigenvalue weighted by Gasteiger charge is 2.26. The van der Waals surface area contributed by atoms with Gasteiger partial charge in [0, 0.05) is 32.5 Å². The zero-order valence-corrected chi connectivity index (χ0v) is 19.6. The number of aromatic nitrogens is 2. The summed E-state index contributed by atoms with van der Waals surface area (Å²) in [6.07, 6.45) is 8.58. The molecule has 0 aliphatic carbocycles. The van der Waals surface area contributed by atoms with Crippen LogP contribution < -0.4 is 5.69 Å². The minimum Gasteiger partial charge on any atom is -0.443 e. The molecule has 2 atom stereocenters. The molecule has 0 spiro atoms. The van der Waals surface area contributed by atoms with Crippen molar-refractivity contribution in [3.05, 3.63) is 40.7 Å². The van der Waals surface area contributed by atoms with Crippen LogP contribution in [-0.4, -0.2) is 29.0 Å². The number of fused-ring (bicyclic) bond motifs is 1. The Morgan fingerprint density at radius 3 is 2.52 bits per heavy atom. The zero-order chi connectivity index (χ0) is 21.4. The number of hydrogen-bond acceptors (Lipinski definition) is 8. The van der Waals surface area contributed by atoms with Crippen molar-refractivity contribution in [2.75, 3.05) is 19.5 Å². The monoisotopic (exact) mass is 464 g/mol. The van der Waals surface area contributed by atoms with E-state index in [9.17, 15) is 18.5 Å². The lowest BCUT2D eigenvalue weighted by molar-refractivity contribution is 0.397. The van der Waals surface area contributed by atoms with E-state index in [1.165, 1.54) is 24.0 Å². The molecule has 2 heterocycles. The van der Waals surface area contributed by atoms with Crippen molar-refractivity contribution >= 4 is 34.8 Å². The van der Waals surface area contributed by atoms with Crippen LogP contribution in [0, 0.1) is 0 Å². The van der Waals surface area contributed by atoms with Crippen LogP contribution >= 0.6 is 23.7 Å². The van der Waals surface area contributed by atoms with Crippen molar-refractivity contribution in [2.24, 2.45) is 0 Å². The lowest BCUT2D eigenvalue weighted by atomic mass is 10.2. The van der Waals surface area contributed by atoms with Gasteiger partial charge in [0.2, 0.25) is 5.71 Å². The summed E-state index contributed by atoms with van der Waals surface area (Å²) < 4.78 is 51.8. The van der Waals surface area contributed by atoms with Crippen molar-refractivity contribution in [3.8, 4) is 0 Å². The molecule has 0 fully saturated rings. The maximum atomic E-state index is 12.5. The van der Waals surface area contributed by atoms with E-state index < -0.39 is 29.3 Å². The minimum absolute atomic E-state index is 0.181. The number of hydrogen-bond donors (Lipinski definition) is 0. The molecule has 2 aromatic heterocycles. The van der Waals surface area contributed by atoms with E-state index in [0.29, 0.717) is 5.71 Å². The summed E-state index contributed by atoms with van der Waals surface area (Å²) in [5.74, 6) is 0.799. The molecule has 2 rings (SSSR count).